The smallest absolute Gasteiger partial charge is 0.326 e. The molecule has 2 N–H and O–H groups in total. The van der Waals surface area contributed by atoms with Gasteiger partial charge in [0.2, 0.25) is 11.8 Å². The van der Waals surface area contributed by atoms with Crippen LogP contribution in [0.15, 0.2) is 17.2 Å². The normalized spacial score (nSPS) is 11.8. The van der Waals surface area contributed by atoms with Gasteiger partial charge < -0.3 is 14.9 Å². The van der Waals surface area contributed by atoms with E-state index in [2.05, 4.69) is 22.0 Å². The monoisotopic (exact) mass is 281 g/mol. The third kappa shape index (κ3) is 5.21. The second-order valence-electron chi connectivity index (χ2n) is 4.34. The van der Waals surface area contributed by atoms with Gasteiger partial charge in [0.05, 0.1) is 0 Å². The molecule has 0 aliphatic carbocycles. The first-order valence-electron chi connectivity index (χ1n) is 6.51. The highest BCUT2D eigenvalue weighted by atomic mass is 16.5. The van der Waals surface area contributed by atoms with Crippen LogP contribution in [0.4, 0.5) is 0 Å². The van der Waals surface area contributed by atoms with Crippen LogP contribution in [-0.2, 0) is 22.4 Å². The topological polar surface area (TPSA) is 105 Å². The molecule has 0 saturated heterocycles. The third-order valence-electron chi connectivity index (χ3n) is 2.59. The lowest BCUT2D eigenvalue weighted by Gasteiger charge is -2.11. The molecule has 1 atom stereocenters. The number of aromatic nitrogens is 2. The van der Waals surface area contributed by atoms with E-state index in [0.29, 0.717) is 18.1 Å². The molecule has 1 rings (SSSR count). The first-order valence-corrected chi connectivity index (χ1v) is 6.51. The number of hydrogen-bond acceptors (Lipinski definition) is 5. The van der Waals surface area contributed by atoms with Gasteiger partial charge in [-0.15, -0.1) is 6.58 Å². The highest BCUT2D eigenvalue weighted by molar-refractivity contribution is 5.83. The fraction of sp³-hybridized carbons (Fsp3) is 0.538. The van der Waals surface area contributed by atoms with Gasteiger partial charge >= 0.3 is 5.97 Å². The molecule has 0 aliphatic heterocycles. The Morgan fingerprint density at radius 2 is 2.25 bits per heavy atom. The molecule has 0 bridgehead atoms. The molecule has 0 radical (unpaired) electrons. The molecule has 1 aromatic rings. The van der Waals surface area contributed by atoms with E-state index in [1.165, 1.54) is 6.08 Å². The van der Waals surface area contributed by atoms with E-state index in [4.69, 9.17) is 9.63 Å². The second-order valence-corrected chi connectivity index (χ2v) is 4.34. The van der Waals surface area contributed by atoms with Crippen molar-refractivity contribution in [2.75, 3.05) is 0 Å². The van der Waals surface area contributed by atoms with Gasteiger partial charge in [0.15, 0.2) is 5.82 Å². The van der Waals surface area contributed by atoms with Crippen LogP contribution >= 0.6 is 0 Å². The van der Waals surface area contributed by atoms with Crippen LogP contribution in [0.5, 0.6) is 0 Å². The van der Waals surface area contributed by atoms with Crippen molar-refractivity contribution in [3.8, 4) is 0 Å². The molecule has 1 heterocycles. The molecule has 1 aromatic heterocycles. The van der Waals surface area contributed by atoms with Crippen molar-refractivity contribution in [3.63, 3.8) is 0 Å². The predicted molar refractivity (Wildman–Crippen MR) is 71.0 cm³/mol. The summed E-state index contributed by atoms with van der Waals surface area (Å²) < 4.78 is 4.99. The van der Waals surface area contributed by atoms with Crippen LogP contribution in [0.1, 0.15) is 37.9 Å². The lowest BCUT2D eigenvalue weighted by Crippen LogP contribution is -2.40. The number of hydrogen-bond donors (Lipinski definition) is 2. The zero-order valence-corrected chi connectivity index (χ0v) is 11.5. The maximum Gasteiger partial charge on any atom is 0.326 e. The van der Waals surface area contributed by atoms with Gasteiger partial charge in [-0.05, 0) is 12.8 Å². The Morgan fingerprint density at radius 1 is 1.50 bits per heavy atom. The minimum absolute atomic E-state index is 0.106. The number of nitrogens with one attached hydrogen (secondary N) is 1. The van der Waals surface area contributed by atoms with E-state index in [-0.39, 0.29) is 18.7 Å². The highest BCUT2D eigenvalue weighted by Gasteiger charge is 2.18. The minimum atomic E-state index is -1.08. The molecule has 0 saturated carbocycles. The highest BCUT2D eigenvalue weighted by Crippen LogP contribution is 2.03. The standard InChI is InChI=1S/C13H19N3O4/c1-3-5-9(13(18)19)14-11(17)7-8-12-15-10(6-4-2)16-20-12/h3,9H,1,4-8H2,2H3,(H,14,17)(H,18,19). The summed E-state index contributed by atoms with van der Waals surface area (Å²) in [5, 5.41) is 15.1. The van der Waals surface area contributed by atoms with Crippen LogP contribution in [-0.4, -0.2) is 33.2 Å². The number of aryl methyl sites for hydroxylation is 2. The molecule has 0 spiro atoms. The van der Waals surface area contributed by atoms with E-state index in [9.17, 15) is 9.59 Å². The number of carboxylic acid groups (broad SMARTS) is 1. The second kappa shape index (κ2) is 8.08. The van der Waals surface area contributed by atoms with E-state index in [1.807, 2.05) is 6.92 Å². The summed E-state index contributed by atoms with van der Waals surface area (Å²) in [7, 11) is 0. The predicted octanol–water partition coefficient (Wildman–Crippen LogP) is 1.10. The molecule has 0 aromatic carbocycles. The molecule has 0 aliphatic rings. The molecule has 1 unspecified atom stereocenters. The number of rotatable bonds is 9. The molecule has 110 valence electrons. The number of aliphatic carboxylic acids is 1. The quantitative estimate of drug-likeness (QED) is 0.657. The Morgan fingerprint density at radius 3 is 2.85 bits per heavy atom. The van der Waals surface area contributed by atoms with Crippen molar-refractivity contribution >= 4 is 11.9 Å². The SMILES string of the molecule is C=CCC(NC(=O)CCc1nc(CCC)no1)C(=O)O. The number of carbonyl (C=O) groups excluding carboxylic acids is 1. The van der Waals surface area contributed by atoms with Crippen LogP contribution in [0, 0.1) is 0 Å². The minimum Gasteiger partial charge on any atom is -0.480 e. The lowest BCUT2D eigenvalue weighted by atomic mass is 10.2. The van der Waals surface area contributed by atoms with Crippen LogP contribution < -0.4 is 5.32 Å². The van der Waals surface area contributed by atoms with Crippen molar-refractivity contribution in [2.45, 2.75) is 45.1 Å². The van der Waals surface area contributed by atoms with Gasteiger partial charge in [-0.1, -0.05) is 18.2 Å². The summed E-state index contributed by atoms with van der Waals surface area (Å²) in [6.07, 6.45) is 3.69. The van der Waals surface area contributed by atoms with Crippen molar-refractivity contribution in [1.82, 2.24) is 15.5 Å². The van der Waals surface area contributed by atoms with Crippen LogP contribution in [0.25, 0.3) is 0 Å². The fourth-order valence-corrected chi connectivity index (χ4v) is 1.59. The van der Waals surface area contributed by atoms with Gasteiger partial charge in [-0.3, -0.25) is 4.79 Å². The average molecular weight is 281 g/mol. The summed E-state index contributed by atoms with van der Waals surface area (Å²) >= 11 is 0. The fourth-order valence-electron chi connectivity index (χ4n) is 1.59. The van der Waals surface area contributed by atoms with Gasteiger partial charge in [0.25, 0.3) is 0 Å². The molecule has 20 heavy (non-hydrogen) atoms. The number of nitrogens with zero attached hydrogens (tertiary/aromatic N) is 2. The van der Waals surface area contributed by atoms with Gasteiger partial charge in [-0.2, -0.15) is 4.98 Å². The summed E-state index contributed by atoms with van der Waals surface area (Å²) in [6, 6.07) is -0.946. The largest absolute Gasteiger partial charge is 0.480 e. The van der Waals surface area contributed by atoms with E-state index < -0.39 is 12.0 Å². The lowest BCUT2D eigenvalue weighted by molar-refractivity contribution is -0.141. The summed E-state index contributed by atoms with van der Waals surface area (Å²) in [5.74, 6) is -0.437. The van der Waals surface area contributed by atoms with Crippen LogP contribution in [0.2, 0.25) is 0 Å². The zero-order chi connectivity index (χ0) is 15.0. The van der Waals surface area contributed by atoms with E-state index in [0.717, 1.165) is 12.8 Å². The van der Waals surface area contributed by atoms with E-state index in [1.54, 1.807) is 0 Å². The van der Waals surface area contributed by atoms with Crippen molar-refractivity contribution in [3.05, 3.63) is 24.4 Å². The first kappa shape index (κ1) is 15.9. The van der Waals surface area contributed by atoms with Gasteiger partial charge in [-0.25, -0.2) is 4.79 Å². The molecular weight excluding hydrogens is 262 g/mol. The van der Waals surface area contributed by atoms with Crippen LogP contribution in [0.3, 0.4) is 0 Å². The number of carbonyl (C=O) groups is 2. The van der Waals surface area contributed by atoms with Gasteiger partial charge in [0.1, 0.15) is 6.04 Å². The summed E-state index contributed by atoms with van der Waals surface area (Å²) in [5.41, 5.74) is 0. The Bertz CT molecular complexity index is 470. The Balaban J connectivity index is 2.41. The Kier molecular flexibility index (Phi) is 6.42. The molecule has 1 amide bonds. The Hall–Kier alpha value is -2.18. The Labute approximate surface area is 117 Å². The molecule has 7 nitrogen and oxygen atoms in total. The maximum absolute atomic E-state index is 11.6. The molecule has 0 fully saturated rings. The van der Waals surface area contributed by atoms with E-state index >= 15 is 0 Å². The van der Waals surface area contributed by atoms with Crippen molar-refractivity contribution in [1.29, 1.82) is 0 Å². The number of amides is 1. The average Bonchev–Trinajstić information content (AvgIpc) is 2.84. The zero-order valence-electron chi connectivity index (χ0n) is 11.5. The number of carboxylic acids is 1. The first-order chi connectivity index (χ1) is 9.56. The summed E-state index contributed by atoms with van der Waals surface area (Å²) in [6.45, 7) is 5.47. The third-order valence-corrected chi connectivity index (χ3v) is 2.59. The maximum atomic E-state index is 11.6. The van der Waals surface area contributed by atoms with Gasteiger partial charge in [0, 0.05) is 19.3 Å². The van der Waals surface area contributed by atoms with Crippen molar-refractivity contribution in [2.24, 2.45) is 0 Å². The molecular formula is C13H19N3O4. The van der Waals surface area contributed by atoms with Crippen molar-refractivity contribution < 1.29 is 19.2 Å². The molecule has 7 heteroatoms. The summed E-state index contributed by atoms with van der Waals surface area (Å²) in [4.78, 5) is 26.6.